The monoisotopic (exact) mass is 338 g/mol. The van der Waals surface area contributed by atoms with Crippen molar-refractivity contribution in [1.29, 1.82) is 0 Å². The van der Waals surface area contributed by atoms with Gasteiger partial charge in [0.1, 0.15) is 0 Å². The molecule has 1 aliphatic rings. The first-order valence-corrected chi connectivity index (χ1v) is 8.94. The number of anilines is 1. The molecule has 0 bridgehead atoms. The van der Waals surface area contributed by atoms with Crippen LogP contribution in [0.1, 0.15) is 25.3 Å². The maximum atomic E-state index is 12.3. The number of carbonyl (C=O) groups is 1. The maximum Gasteiger partial charge on any atom is 0.241 e. The number of aromatic nitrogens is 1. The largest absolute Gasteiger partial charge is 0.325 e. The molecule has 0 spiro atoms. The van der Waals surface area contributed by atoms with Crippen molar-refractivity contribution in [3.8, 4) is 0 Å². The highest BCUT2D eigenvalue weighted by atomic mass is 16.2. The number of hydrogen-bond acceptors (Lipinski definition) is 4. The second kappa shape index (κ2) is 8.74. The first-order chi connectivity index (χ1) is 12.2. The van der Waals surface area contributed by atoms with Crippen molar-refractivity contribution in [2.24, 2.45) is 0 Å². The Labute approximate surface area is 149 Å². The average molecular weight is 338 g/mol. The summed E-state index contributed by atoms with van der Waals surface area (Å²) in [5, 5.41) is 6.43. The summed E-state index contributed by atoms with van der Waals surface area (Å²) in [6.07, 6.45) is 5.86. The molecule has 1 atom stereocenters. The van der Waals surface area contributed by atoms with Crippen molar-refractivity contribution in [2.45, 2.75) is 38.4 Å². The molecule has 5 nitrogen and oxygen atoms in total. The fourth-order valence-electron chi connectivity index (χ4n) is 3.21. The number of carbonyl (C=O) groups excluding carboxylic acids is 1. The van der Waals surface area contributed by atoms with Crippen LogP contribution in [0.4, 0.5) is 5.69 Å². The highest BCUT2D eigenvalue weighted by molar-refractivity contribution is 5.94. The quantitative estimate of drug-likeness (QED) is 0.850. The van der Waals surface area contributed by atoms with Crippen LogP contribution in [0, 0.1) is 0 Å². The fraction of sp³-hybridized carbons (Fsp3) is 0.400. The van der Waals surface area contributed by atoms with E-state index in [4.69, 9.17) is 0 Å². The molecule has 5 heteroatoms. The normalized spacial score (nSPS) is 17.2. The van der Waals surface area contributed by atoms with Crippen molar-refractivity contribution >= 4 is 11.6 Å². The van der Waals surface area contributed by atoms with Gasteiger partial charge in [0, 0.05) is 30.7 Å². The van der Waals surface area contributed by atoms with Gasteiger partial charge in [-0.25, -0.2) is 0 Å². The minimum absolute atomic E-state index is 0.0176. The Morgan fingerprint density at radius 1 is 1.20 bits per heavy atom. The Balaban J connectivity index is 1.41. The SMILES string of the molecule is C[C@H](NC1CCN(Cc2cccnc2)CC1)C(=O)Nc1ccccc1. The van der Waals surface area contributed by atoms with Gasteiger partial charge in [-0.1, -0.05) is 24.3 Å². The molecule has 132 valence electrons. The van der Waals surface area contributed by atoms with Crippen LogP contribution in [0.5, 0.6) is 0 Å². The van der Waals surface area contributed by atoms with Crippen molar-refractivity contribution in [3.63, 3.8) is 0 Å². The minimum Gasteiger partial charge on any atom is -0.325 e. The number of amides is 1. The van der Waals surface area contributed by atoms with Gasteiger partial charge in [0.05, 0.1) is 6.04 Å². The van der Waals surface area contributed by atoms with Gasteiger partial charge in [-0.05, 0) is 56.6 Å². The molecule has 1 fully saturated rings. The zero-order valence-electron chi connectivity index (χ0n) is 14.7. The molecular formula is C20H26N4O. The third-order valence-electron chi connectivity index (χ3n) is 4.64. The number of hydrogen-bond donors (Lipinski definition) is 2. The third kappa shape index (κ3) is 5.37. The van der Waals surface area contributed by atoms with Gasteiger partial charge < -0.3 is 10.6 Å². The highest BCUT2D eigenvalue weighted by Crippen LogP contribution is 2.14. The van der Waals surface area contributed by atoms with Crippen molar-refractivity contribution < 1.29 is 4.79 Å². The van der Waals surface area contributed by atoms with Crippen LogP contribution in [0.3, 0.4) is 0 Å². The molecule has 1 aliphatic heterocycles. The lowest BCUT2D eigenvalue weighted by Crippen LogP contribution is -2.48. The van der Waals surface area contributed by atoms with Crippen molar-refractivity contribution in [1.82, 2.24) is 15.2 Å². The molecule has 1 aromatic carbocycles. The molecule has 0 saturated carbocycles. The smallest absolute Gasteiger partial charge is 0.241 e. The van der Waals surface area contributed by atoms with Gasteiger partial charge in [-0.3, -0.25) is 14.7 Å². The second-order valence-corrected chi connectivity index (χ2v) is 6.66. The van der Waals surface area contributed by atoms with E-state index in [2.05, 4.69) is 26.6 Å². The average Bonchev–Trinajstić information content (AvgIpc) is 2.65. The van der Waals surface area contributed by atoms with Crippen molar-refractivity contribution in [2.75, 3.05) is 18.4 Å². The Morgan fingerprint density at radius 2 is 1.96 bits per heavy atom. The minimum atomic E-state index is -0.199. The Kier molecular flexibility index (Phi) is 6.14. The first kappa shape index (κ1) is 17.6. The van der Waals surface area contributed by atoms with Gasteiger partial charge in [-0.15, -0.1) is 0 Å². The number of para-hydroxylation sites is 1. The lowest BCUT2D eigenvalue weighted by molar-refractivity contribution is -0.118. The molecular weight excluding hydrogens is 312 g/mol. The predicted molar refractivity (Wildman–Crippen MR) is 100 cm³/mol. The van der Waals surface area contributed by atoms with Gasteiger partial charge >= 0.3 is 0 Å². The number of pyridine rings is 1. The molecule has 0 radical (unpaired) electrons. The van der Waals surface area contributed by atoms with Crippen LogP contribution in [-0.4, -0.2) is 41.0 Å². The van der Waals surface area contributed by atoms with E-state index in [-0.39, 0.29) is 11.9 Å². The van der Waals surface area contributed by atoms with E-state index in [0.29, 0.717) is 6.04 Å². The third-order valence-corrected chi connectivity index (χ3v) is 4.64. The van der Waals surface area contributed by atoms with Crippen LogP contribution in [0.2, 0.25) is 0 Å². The van der Waals surface area contributed by atoms with Gasteiger partial charge in [0.25, 0.3) is 0 Å². The molecule has 0 aliphatic carbocycles. The van der Waals surface area contributed by atoms with Crippen LogP contribution >= 0.6 is 0 Å². The predicted octanol–water partition coefficient (Wildman–Crippen LogP) is 2.66. The summed E-state index contributed by atoms with van der Waals surface area (Å²) < 4.78 is 0. The number of likely N-dealkylation sites (tertiary alicyclic amines) is 1. The molecule has 2 heterocycles. The van der Waals surface area contributed by atoms with E-state index < -0.39 is 0 Å². The van der Waals surface area contributed by atoms with E-state index in [1.54, 1.807) is 0 Å². The summed E-state index contributed by atoms with van der Waals surface area (Å²) in [5.41, 5.74) is 2.09. The molecule has 0 unspecified atom stereocenters. The van der Waals surface area contributed by atoms with Crippen LogP contribution in [0.15, 0.2) is 54.9 Å². The molecule has 25 heavy (non-hydrogen) atoms. The maximum absolute atomic E-state index is 12.3. The lowest BCUT2D eigenvalue weighted by Gasteiger charge is -2.33. The fourth-order valence-corrected chi connectivity index (χ4v) is 3.21. The zero-order valence-corrected chi connectivity index (χ0v) is 14.7. The number of rotatable bonds is 6. The standard InChI is InChI=1S/C20H26N4O/c1-16(20(25)23-18-7-3-2-4-8-18)22-19-9-12-24(13-10-19)15-17-6-5-11-21-14-17/h2-8,11,14,16,19,22H,9-10,12-13,15H2,1H3,(H,23,25)/t16-/m0/s1. The number of nitrogens with zero attached hydrogens (tertiary/aromatic N) is 2. The van der Waals surface area contributed by atoms with E-state index in [0.717, 1.165) is 38.2 Å². The van der Waals surface area contributed by atoms with E-state index in [9.17, 15) is 4.79 Å². The zero-order chi connectivity index (χ0) is 17.5. The number of nitrogens with one attached hydrogen (secondary N) is 2. The van der Waals surface area contributed by atoms with Crippen LogP contribution in [-0.2, 0) is 11.3 Å². The first-order valence-electron chi connectivity index (χ1n) is 8.94. The lowest BCUT2D eigenvalue weighted by atomic mass is 10.0. The topological polar surface area (TPSA) is 57.3 Å². The van der Waals surface area contributed by atoms with Crippen LogP contribution in [0.25, 0.3) is 0 Å². The summed E-state index contributed by atoms with van der Waals surface area (Å²) in [6, 6.07) is 13.9. The van der Waals surface area contributed by atoms with Crippen LogP contribution < -0.4 is 10.6 Å². The van der Waals surface area contributed by atoms with E-state index in [1.807, 2.05) is 55.7 Å². The van der Waals surface area contributed by atoms with E-state index >= 15 is 0 Å². The van der Waals surface area contributed by atoms with Crippen molar-refractivity contribution in [3.05, 3.63) is 60.4 Å². The molecule has 3 rings (SSSR count). The summed E-state index contributed by atoms with van der Waals surface area (Å²) in [5.74, 6) is 0.0176. The summed E-state index contributed by atoms with van der Waals surface area (Å²) >= 11 is 0. The molecule has 1 aromatic heterocycles. The highest BCUT2D eigenvalue weighted by Gasteiger charge is 2.23. The Bertz CT molecular complexity index is 654. The summed E-state index contributed by atoms with van der Waals surface area (Å²) in [7, 11) is 0. The molecule has 2 aromatic rings. The molecule has 1 amide bonds. The second-order valence-electron chi connectivity index (χ2n) is 6.66. The van der Waals surface area contributed by atoms with Gasteiger partial charge in [0.15, 0.2) is 0 Å². The van der Waals surface area contributed by atoms with E-state index in [1.165, 1.54) is 5.56 Å². The van der Waals surface area contributed by atoms with Gasteiger partial charge in [0.2, 0.25) is 5.91 Å². The molecule has 2 N–H and O–H groups in total. The molecule has 1 saturated heterocycles. The summed E-state index contributed by atoms with van der Waals surface area (Å²) in [6.45, 7) is 4.96. The Morgan fingerprint density at radius 3 is 2.64 bits per heavy atom. The number of piperidine rings is 1. The Hall–Kier alpha value is -2.24. The number of benzene rings is 1. The summed E-state index contributed by atoms with van der Waals surface area (Å²) in [4.78, 5) is 18.9. The van der Waals surface area contributed by atoms with Gasteiger partial charge in [-0.2, -0.15) is 0 Å².